The van der Waals surface area contributed by atoms with E-state index in [9.17, 15) is 14.2 Å². The SMILES string of the molecule is COc1ccc(C(OC[C@H]2O[C@@H](n3cc(C)c(=O)[nH]c3=O)C[C@@H]2O[P@@](C)(=O)OC)(c2ccccc2)c2ccc(OC)cc2)cc1. The molecule has 5 rings (SSSR count). The van der Waals surface area contributed by atoms with Gasteiger partial charge in [-0.05, 0) is 47.9 Å². The minimum Gasteiger partial charge on any atom is -0.497 e. The lowest BCUT2D eigenvalue weighted by Gasteiger charge is -2.37. The van der Waals surface area contributed by atoms with Gasteiger partial charge in [-0.2, -0.15) is 0 Å². The molecule has 0 unspecified atom stereocenters. The number of H-pyrrole nitrogens is 1. The van der Waals surface area contributed by atoms with Gasteiger partial charge in [-0.15, -0.1) is 0 Å². The van der Waals surface area contributed by atoms with Crippen molar-refractivity contribution in [2.24, 2.45) is 0 Å². The number of ether oxygens (including phenoxy) is 4. The molecule has 0 bridgehead atoms. The standard InChI is InChI=1S/C33H37N2O9P/c1-22-20-35(32(37)34-31(22)36)30-19-28(44-45(5,38)41-4)29(43-30)21-42-33(23-9-7-6-8-10-23,24-11-15-26(39-2)16-12-24)25-13-17-27(40-3)18-14-25/h6-18,20,28-30H,19,21H2,1-5H3,(H,34,36,37)/t28-,29+,30+,45-/m0/s1. The van der Waals surface area contributed by atoms with E-state index >= 15 is 0 Å². The molecule has 0 saturated carbocycles. The summed E-state index contributed by atoms with van der Waals surface area (Å²) in [5, 5.41) is 0. The van der Waals surface area contributed by atoms with Crippen LogP contribution in [-0.2, 0) is 28.7 Å². The fourth-order valence-corrected chi connectivity index (χ4v) is 6.30. The molecule has 3 aromatic carbocycles. The van der Waals surface area contributed by atoms with Crippen molar-refractivity contribution in [1.29, 1.82) is 0 Å². The van der Waals surface area contributed by atoms with E-state index in [-0.39, 0.29) is 13.0 Å². The van der Waals surface area contributed by atoms with Crippen LogP contribution >= 0.6 is 7.60 Å². The Bertz CT molecular complexity index is 1710. The zero-order valence-electron chi connectivity index (χ0n) is 25.8. The summed E-state index contributed by atoms with van der Waals surface area (Å²) in [5.41, 5.74) is 0.570. The minimum atomic E-state index is -3.47. The molecular formula is C33H37N2O9P. The number of hydrogen-bond acceptors (Lipinski definition) is 9. The van der Waals surface area contributed by atoms with Crippen LogP contribution in [0.25, 0.3) is 0 Å². The molecule has 4 aromatic rings. The Morgan fingerprint density at radius 1 is 0.889 bits per heavy atom. The number of aromatic amines is 1. The fourth-order valence-electron chi connectivity index (χ4n) is 5.50. The Balaban J connectivity index is 1.59. The van der Waals surface area contributed by atoms with Crippen LogP contribution in [0.5, 0.6) is 11.5 Å². The van der Waals surface area contributed by atoms with E-state index in [1.54, 1.807) is 21.1 Å². The number of rotatable bonds is 12. The van der Waals surface area contributed by atoms with E-state index in [0.717, 1.165) is 16.7 Å². The normalized spacial score (nSPS) is 19.6. The molecule has 0 radical (unpaired) electrons. The molecule has 1 aliphatic rings. The Labute approximate surface area is 261 Å². The van der Waals surface area contributed by atoms with Crippen molar-refractivity contribution in [2.45, 2.75) is 37.4 Å². The summed E-state index contributed by atoms with van der Waals surface area (Å²) in [6.07, 6.45) is -0.778. The van der Waals surface area contributed by atoms with E-state index in [4.69, 9.17) is 28.0 Å². The van der Waals surface area contributed by atoms with Crippen molar-refractivity contribution in [3.8, 4) is 11.5 Å². The average Bonchev–Trinajstić information content (AvgIpc) is 3.45. The molecule has 1 aliphatic heterocycles. The molecule has 12 heteroatoms. The monoisotopic (exact) mass is 636 g/mol. The maximum atomic E-state index is 13.0. The zero-order valence-corrected chi connectivity index (χ0v) is 26.7. The maximum Gasteiger partial charge on any atom is 0.330 e. The van der Waals surface area contributed by atoms with Crippen molar-refractivity contribution < 1.29 is 32.6 Å². The van der Waals surface area contributed by atoms with E-state index in [2.05, 4.69) is 4.98 Å². The van der Waals surface area contributed by atoms with Crippen LogP contribution in [-0.4, -0.2) is 56.4 Å². The fraction of sp³-hybridized carbons (Fsp3) is 0.333. The average molecular weight is 637 g/mol. The largest absolute Gasteiger partial charge is 0.497 e. The summed E-state index contributed by atoms with van der Waals surface area (Å²) in [5.74, 6) is 1.37. The number of nitrogens with zero attached hydrogens (tertiary/aromatic N) is 1. The molecule has 1 aromatic heterocycles. The van der Waals surface area contributed by atoms with E-state index in [1.165, 1.54) is 24.5 Å². The van der Waals surface area contributed by atoms with Gasteiger partial charge in [-0.3, -0.25) is 18.9 Å². The van der Waals surface area contributed by atoms with Gasteiger partial charge in [-0.1, -0.05) is 54.6 Å². The molecule has 2 heterocycles. The van der Waals surface area contributed by atoms with Crippen LogP contribution in [0.2, 0.25) is 0 Å². The lowest BCUT2D eigenvalue weighted by atomic mass is 9.80. The highest BCUT2D eigenvalue weighted by Gasteiger charge is 2.44. The number of benzene rings is 3. The molecule has 4 atom stereocenters. The number of aryl methyl sites for hydroxylation is 1. The first kappa shape index (κ1) is 32.4. The van der Waals surface area contributed by atoms with Crippen LogP contribution in [0.3, 0.4) is 0 Å². The van der Waals surface area contributed by atoms with Crippen LogP contribution in [0.4, 0.5) is 0 Å². The molecule has 1 fully saturated rings. The molecule has 0 aliphatic carbocycles. The molecule has 1 saturated heterocycles. The van der Waals surface area contributed by atoms with Gasteiger partial charge >= 0.3 is 13.3 Å². The molecule has 45 heavy (non-hydrogen) atoms. The van der Waals surface area contributed by atoms with Crippen LogP contribution in [0.1, 0.15) is 34.9 Å². The topological polar surface area (TPSA) is 127 Å². The molecule has 0 amide bonds. The van der Waals surface area contributed by atoms with Gasteiger partial charge in [0.2, 0.25) is 0 Å². The second kappa shape index (κ2) is 13.6. The van der Waals surface area contributed by atoms with Gasteiger partial charge in [0.1, 0.15) is 29.4 Å². The minimum absolute atomic E-state index is 0.0328. The highest BCUT2D eigenvalue weighted by Crippen LogP contribution is 2.49. The predicted octanol–water partition coefficient (Wildman–Crippen LogP) is 5.01. The van der Waals surface area contributed by atoms with Gasteiger partial charge < -0.3 is 28.0 Å². The van der Waals surface area contributed by atoms with Crippen molar-refractivity contribution in [1.82, 2.24) is 9.55 Å². The quantitative estimate of drug-likeness (QED) is 0.169. The molecule has 0 spiro atoms. The second-order valence-electron chi connectivity index (χ2n) is 10.8. The van der Waals surface area contributed by atoms with Crippen LogP contribution < -0.4 is 20.7 Å². The third-order valence-electron chi connectivity index (χ3n) is 7.93. The first-order chi connectivity index (χ1) is 21.6. The molecule has 238 valence electrons. The Morgan fingerprint density at radius 2 is 1.44 bits per heavy atom. The zero-order chi connectivity index (χ0) is 32.2. The summed E-state index contributed by atoms with van der Waals surface area (Å²) >= 11 is 0. The first-order valence-corrected chi connectivity index (χ1v) is 16.4. The number of aromatic nitrogens is 2. The molecule has 11 nitrogen and oxygen atoms in total. The highest BCUT2D eigenvalue weighted by molar-refractivity contribution is 7.52. The van der Waals surface area contributed by atoms with Gasteiger partial charge in [0.15, 0.2) is 0 Å². The lowest BCUT2D eigenvalue weighted by Crippen LogP contribution is -2.38. The summed E-state index contributed by atoms with van der Waals surface area (Å²) < 4.78 is 49.6. The summed E-state index contributed by atoms with van der Waals surface area (Å²) in [6, 6.07) is 25.0. The molecular weight excluding hydrogens is 599 g/mol. The molecule has 1 N–H and O–H groups in total. The highest BCUT2D eigenvalue weighted by atomic mass is 31.2. The van der Waals surface area contributed by atoms with Gasteiger partial charge in [0, 0.05) is 32.0 Å². The number of hydrogen-bond donors (Lipinski definition) is 1. The van der Waals surface area contributed by atoms with Gasteiger partial charge in [-0.25, -0.2) is 4.79 Å². The Kier molecular flexibility index (Phi) is 9.76. The third kappa shape index (κ3) is 6.83. The van der Waals surface area contributed by atoms with Crippen molar-refractivity contribution in [2.75, 3.05) is 34.6 Å². The second-order valence-corrected chi connectivity index (χ2v) is 12.9. The third-order valence-corrected chi connectivity index (χ3v) is 9.25. The van der Waals surface area contributed by atoms with Crippen LogP contribution in [0.15, 0.2) is 94.6 Å². The van der Waals surface area contributed by atoms with E-state index in [0.29, 0.717) is 17.1 Å². The van der Waals surface area contributed by atoms with Gasteiger partial charge in [0.05, 0.1) is 26.9 Å². The lowest BCUT2D eigenvalue weighted by molar-refractivity contribution is -0.0923. The van der Waals surface area contributed by atoms with Crippen molar-refractivity contribution >= 4 is 7.60 Å². The van der Waals surface area contributed by atoms with Crippen LogP contribution in [0, 0.1) is 6.92 Å². The Morgan fingerprint density at radius 3 is 1.98 bits per heavy atom. The Hall–Kier alpha value is -3.99. The number of methoxy groups -OCH3 is 2. The van der Waals surface area contributed by atoms with Crippen molar-refractivity contribution in [3.05, 3.63) is 128 Å². The first-order valence-electron chi connectivity index (χ1n) is 14.4. The summed E-state index contributed by atoms with van der Waals surface area (Å²) in [7, 11) is 1.05. The number of nitrogens with one attached hydrogen (secondary N) is 1. The van der Waals surface area contributed by atoms with E-state index < -0.39 is 42.9 Å². The van der Waals surface area contributed by atoms with E-state index in [1.807, 2.05) is 78.9 Å². The maximum absolute atomic E-state index is 13.0. The smallest absolute Gasteiger partial charge is 0.330 e. The summed E-state index contributed by atoms with van der Waals surface area (Å²) in [4.78, 5) is 27.1. The van der Waals surface area contributed by atoms with Gasteiger partial charge in [0.25, 0.3) is 5.56 Å². The summed E-state index contributed by atoms with van der Waals surface area (Å²) in [6.45, 7) is 2.94. The predicted molar refractivity (Wildman–Crippen MR) is 168 cm³/mol. The van der Waals surface area contributed by atoms with Crippen molar-refractivity contribution in [3.63, 3.8) is 0 Å².